The number of unbranched alkanes of at least 4 members (excludes halogenated alkanes) is 3. The lowest BCUT2D eigenvalue weighted by Crippen LogP contribution is -2.12. The van der Waals surface area contributed by atoms with Crippen molar-refractivity contribution in [3.8, 4) is 0 Å². The minimum Gasteiger partial charge on any atom is -0.465 e. The van der Waals surface area contributed by atoms with Crippen LogP contribution in [0.3, 0.4) is 0 Å². The highest BCUT2D eigenvalue weighted by atomic mass is 16.5. The highest BCUT2D eigenvalue weighted by Gasteiger charge is 2.06. The highest BCUT2D eigenvalue weighted by Crippen LogP contribution is 2.01. The van der Waals surface area contributed by atoms with Gasteiger partial charge in [-0.2, -0.15) is 0 Å². The average Bonchev–Trinajstić information content (AvgIpc) is 2.10. The monoisotopic (exact) mass is 187 g/mol. The maximum Gasteiger partial charge on any atom is 0.308 e. The van der Waals surface area contributed by atoms with E-state index in [1.165, 1.54) is 0 Å². The highest BCUT2D eigenvalue weighted by molar-refractivity contribution is 5.71. The van der Waals surface area contributed by atoms with Crippen LogP contribution < -0.4 is 0 Å². The summed E-state index contributed by atoms with van der Waals surface area (Å²) in [5, 5.41) is 10.1. The fourth-order valence-corrected chi connectivity index (χ4v) is 0.897. The van der Waals surface area contributed by atoms with E-state index in [0.29, 0.717) is 6.61 Å². The van der Waals surface area contributed by atoms with Gasteiger partial charge in [0.25, 0.3) is 0 Å². The van der Waals surface area contributed by atoms with Crippen molar-refractivity contribution in [1.82, 2.24) is 0 Å². The van der Waals surface area contributed by atoms with Gasteiger partial charge in [-0.15, -0.1) is 0 Å². The normalized spacial score (nSPS) is 10.5. The van der Waals surface area contributed by atoms with Crippen molar-refractivity contribution in [2.45, 2.75) is 39.5 Å². The Kier molecular flexibility index (Phi) is 7.69. The number of rotatable bonds is 7. The van der Waals surface area contributed by atoms with Gasteiger partial charge >= 0.3 is 5.97 Å². The fourth-order valence-electron chi connectivity index (χ4n) is 0.897. The Morgan fingerprint density at radius 3 is 2.31 bits per heavy atom. The summed E-state index contributed by atoms with van der Waals surface area (Å²) in [6.07, 6.45) is 3.53. The average molecular weight is 187 g/mol. The maximum absolute atomic E-state index is 11.0. The summed E-state index contributed by atoms with van der Waals surface area (Å²) in [4.78, 5) is 11.0. The summed E-state index contributed by atoms with van der Waals surface area (Å²) in [5.41, 5.74) is 0. The van der Waals surface area contributed by atoms with Gasteiger partial charge in [-0.3, -0.25) is 4.79 Å². The number of carbonyl (C=O) groups is 1. The Balaban J connectivity index is 3.12. The second-order valence-corrected chi connectivity index (χ2v) is 3.44. The van der Waals surface area contributed by atoms with Crippen LogP contribution in [-0.4, -0.2) is 19.2 Å². The third kappa shape index (κ3) is 7.78. The number of carbonyl (C=O) groups excluding carboxylic acids is 1. The SMILES string of the molecule is CC(C)C(=O)OCCCCCC[O]. The Labute approximate surface area is 80.1 Å². The van der Waals surface area contributed by atoms with Crippen LogP contribution in [0.1, 0.15) is 39.5 Å². The lowest BCUT2D eigenvalue weighted by molar-refractivity contribution is -0.147. The summed E-state index contributed by atoms with van der Waals surface area (Å²) in [6, 6.07) is 0. The van der Waals surface area contributed by atoms with Gasteiger partial charge in [0.1, 0.15) is 0 Å². The van der Waals surface area contributed by atoms with Gasteiger partial charge in [0.15, 0.2) is 0 Å². The van der Waals surface area contributed by atoms with Crippen molar-refractivity contribution in [3.63, 3.8) is 0 Å². The molecule has 0 spiro atoms. The molecule has 0 saturated carbocycles. The van der Waals surface area contributed by atoms with Gasteiger partial charge in [-0.05, 0) is 19.3 Å². The molecule has 0 heterocycles. The first-order chi connectivity index (χ1) is 6.18. The number of hydrogen-bond donors (Lipinski definition) is 0. The van der Waals surface area contributed by atoms with Gasteiger partial charge in [0, 0.05) is 0 Å². The molecule has 3 heteroatoms. The summed E-state index contributed by atoms with van der Waals surface area (Å²) >= 11 is 0. The summed E-state index contributed by atoms with van der Waals surface area (Å²) in [6.45, 7) is 4.14. The largest absolute Gasteiger partial charge is 0.465 e. The zero-order valence-corrected chi connectivity index (χ0v) is 8.54. The van der Waals surface area contributed by atoms with Crippen LogP contribution in [0.4, 0.5) is 0 Å². The maximum atomic E-state index is 11.0. The molecule has 0 N–H and O–H groups in total. The molecule has 77 valence electrons. The van der Waals surface area contributed by atoms with Gasteiger partial charge in [-0.25, -0.2) is 5.11 Å². The van der Waals surface area contributed by atoms with Crippen LogP contribution in [0.25, 0.3) is 0 Å². The van der Waals surface area contributed by atoms with Crippen LogP contribution in [-0.2, 0) is 14.6 Å². The Hall–Kier alpha value is -0.570. The molecule has 0 bridgehead atoms. The molecule has 0 aliphatic heterocycles. The number of ether oxygens (including phenoxy) is 1. The van der Waals surface area contributed by atoms with Gasteiger partial charge in [0.05, 0.1) is 19.1 Å². The van der Waals surface area contributed by atoms with Crippen molar-refractivity contribution in [1.29, 1.82) is 0 Å². The zero-order chi connectivity index (χ0) is 10.1. The standard InChI is InChI=1S/C10H19O3/c1-9(2)10(12)13-8-6-4-3-5-7-11/h9H,3-8H2,1-2H3. The molecule has 0 aromatic carbocycles. The van der Waals surface area contributed by atoms with Crippen molar-refractivity contribution in [2.24, 2.45) is 5.92 Å². The van der Waals surface area contributed by atoms with E-state index < -0.39 is 0 Å². The van der Waals surface area contributed by atoms with Crippen molar-refractivity contribution in [2.75, 3.05) is 13.2 Å². The summed E-state index contributed by atoms with van der Waals surface area (Å²) in [5.74, 6) is -0.175. The fraction of sp³-hybridized carbons (Fsp3) is 0.900. The Morgan fingerprint density at radius 2 is 1.77 bits per heavy atom. The second kappa shape index (κ2) is 8.05. The van der Waals surface area contributed by atoms with E-state index in [4.69, 9.17) is 4.74 Å². The van der Waals surface area contributed by atoms with E-state index in [0.717, 1.165) is 25.7 Å². The first-order valence-electron chi connectivity index (χ1n) is 4.93. The van der Waals surface area contributed by atoms with Crippen LogP contribution in [0.5, 0.6) is 0 Å². The van der Waals surface area contributed by atoms with Gasteiger partial charge in [-0.1, -0.05) is 20.3 Å². The second-order valence-electron chi connectivity index (χ2n) is 3.44. The molecule has 0 amide bonds. The molecule has 0 aromatic rings. The zero-order valence-electron chi connectivity index (χ0n) is 8.54. The molecule has 0 atom stereocenters. The van der Waals surface area contributed by atoms with E-state index in [1.807, 2.05) is 13.8 Å². The molecule has 0 aliphatic carbocycles. The third-order valence-corrected chi connectivity index (χ3v) is 1.75. The van der Waals surface area contributed by atoms with E-state index in [2.05, 4.69) is 0 Å². The number of hydrogen-bond acceptors (Lipinski definition) is 2. The summed E-state index contributed by atoms with van der Waals surface area (Å²) < 4.78 is 4.97. The molecule has 0 aliphatic rings. The Morgan fingerprint density at radius 1 is 1.15 bits per heavy atom. The Bertz CT molecular complexity index is 132. The lowest BCUT2D eigenvalue weighted by atomic mass is 10.2. The van der Waals surface area contributed by atoms with Crippen LogP contribution in [0.15, 0.2) is 0 Å². The molecule has 0 saturated heterocycles. The third-order valence-electron chi connectivity index (χ3n) is 1.75. The predicted octanol–water partition coefficient (Wildman–Crippen LogP) is 2.18. The predicted molar refractivity (Wildman–Crippen MR) is 49.8 cm³/mol. The first-order valence-corrected chi connectivity index (χ1v) is 4.93. The van der Waals surface area contributed by atoms with Crippen LogP contribution >= 0.6 is 0 Å². The quantitative estimate of drug-likeness (QED) is 0.453. The molecule has 13 heavy (non-hydrogen) atoms. The van der Waals surface area contributed by atoms with Crippen molar-refractivity contribution < 1.29 is 14.6 Å². The van der Waals surface area contributed by atoms with Crippen molar-refractivity contribution >= 4 is 5.97 Å². The van der Waals surface area contributed by atoms with E-state index in [-0.39, 0.29) is 18.5 Å². The van der Waals surface area contributed by atoms with E-state index in [9.17, 15) is 9.90 Å². The lowest BCUT2D eigenvalue weighted by Gasteiger charge is -2.06. The van der Waals surface area contributed by atoms with E-state index in [1.54, 1.807) is 0 Å². The molecule has 3 nitrogen and oxygen atoms in total. The van der Waals surface area contributed by atoms with Gasteiger partial charge in [0.2, 0.25) is 0 Å². The molecule has 1 radical (unpaired) electrons. The molecule has 0 fully saturated rings. The molecule has 0 aromatic heterocycles. The molecular formula is C10H19O3. The molecule has 0 rings (SSSR count). The van der Waals surface area contributed by atoms with Crippen molar-refractivity contribution in [3.05, 3.63) is 0 Å². The summed E-state index contributed by atoms with van der Waals surface area (Å²) in [7, 11) is 0. The van der Waals surface area contributed by atoms with E-state index >= 15 is 0 Å². The van der Waals surface area contributed by atoms with Crippen LogP contribution in [0.2, 0.25) is 0 Å². The molecule has 0 unspecified atom stereocenters. The smallest absolute Gasteiger partial charge is 0.308 e. The topological polar surface area (TPSA) is 46.2 Å². The van der Waals surface area contributed by atoms with Gasteiger partial charge < -0.3 is 4.74 Å². The first kappa shape index (κ1) is 12.4. The van der Waals surface area contributed by atoms with Crippen LogP contribution in [0, 0.1) is 5.92 Å². The number of esters is 1. The minimum atomic E-state index is -0.135. The minimum absolute atomic E-state index is 0.00574. The molecular weight excluding hydrogens is 168 g/mol.